The molecule has 0 bridgehead atoms. The van der Waals surface area contributed by atoms with Crippen LogP contribution in [0.5, 0.6) is 0 Å². The molecule has 0 spiro atoms. The Bertz CT molecular complexity index is 556. The van der Waals surface area contributed by atoms with Gasteiger partial charge in [-0.3, -0.25) is 4.79 Å². The van der Waals surface area contributed by atoms with E-state index in [-0.39, 0.29) is 5.91 Å². The molecule has 0 fully saturated rings. The van der Waals surface area contributed by atoms with E-state index in [0.29, 0.717) is 13.0 Å². The van der Waals surface area contributed by atoms with Gasteiger partial charge in [0.15, 0.2) is 0 Å². The van der Waals surface area contributed by atoms with Crippen LogP contribution in [0.1, 0.15) is 17.5 Å². The summed E-state index contributed by atoms with van der Waals surface area (Å²) in [5, 5.41) is 0. The number of nitrogens with zero attached hydrogens (tertiary/aromatic N) is 1. The Morgan fingerprint density at radius 1 is 0.955 bits per heavy atom. The van der Waals surface area contributed by atoms with Gasteiger partial charge in [0, 0.05) is 25.3 Å². The number of hydrogen-bond donors (Lipinski definition) is 0. The second-order valence-corrected chi connectivity index (χ2v) is 6.26. The van der Waals surface area contributed by atoms with Gasteiger partial charge in [0.1, 0.15) is 0 Å². The second-order valence-electron chi connectivity index (χ2n) is 5.28. The Kier molecular flexibility index (Phi) is 7.04. The Morgan fingerprint density at radius 2 is 1.55 bits per heavy atom. The highest BCUT2D eigenvalue weighted by atomic mass is 32.2. The lowest BCUT2D eigenvalue weighted by molar-refractivity contribution is -0.131. The van der Waals surface area contributed by atoms with Crippen molar-refractivity contribution in [1.29, 1.82) is 0 Å². The summed E-state index contributed by atoms with van der Waals surface area (Å²) in [4.78, 5) is 14.4. The summed E-state index contributed by atoms with van der Waals surface area (Å²) >= 11 is 1.72. The zero-order valence-electron chi connectivity index (χ0n) is 13.1. The highest BCUT2D eigenvalue weighted by Gasteiger charge is 2.13. The molecule has 0 N–H and O–H groups in total. The molecule has 0 saturated heterocycles. The van der Waals surface area contributed by atoms with Gasteiger partial charge in [0.2, 0.25) is 5.91 Å². The van der Waals surface area contributed by atoms with Crippen LogP contribution in [0.15, 0.2) is 60.7 Å². The Balaban J connectivity index is 1.99. The largest absolute Gasteiger partial charge is 0.338 e. The van der Waals surface area contributed by atoms with Gasteiger partial charge in [-0.1, -0.05) is 60.7 Å². The molecule has 2 aromatic rings. The minimum atomic E-state index is 0.245. The number of carbonyl (C=O) groups excluding carboxylic acids is 1. The quantitative estimate of drug-likeness (QED) is 0.734. The lowest BCUT2D eigenvalue weighted by atomic mass is 10.1. The van der Waals surface area contributed by atoms with E-state index in [1.54, 1.807) is 11.8 Å². The van der Waals surface area contributed by atoms with E-state index in [1.807, 2.05) is 47.6 Å². The first-order valence-corrected chi connectivity index (χ1v) is 9.03. The van der Waals surface area contributed by atoms with Gasteiger partial charge in [0.05, 0.1) is 0 Å². The van der Waals surface area contributed by atoms with Crippen LogP contribution in [0.25, 0.3) is 0 Å². The van der Waals surface area contributed by atoms with Crippen LogP contribution in [-0.4, -0.2) is 29.4 Å². The maximum Gasteiger partial charge on any atom is 0.223 e. The van der Waals surface area contributed by atoms with Gasteiger partial charge in [-0.2, -0.15) is 11.8 Å². The summed E-state index contributed by atoms with van der Waals surface area (Å²) in [6, 6.07) is 20.6. The predicted molar refractivity (Wildman–Crippen MR) is 95.0 cm³/mol. The van der Waals surface area contributed by atoms with E-state index in [2.05, 4.69) is 24.3 Å². The molecule has 0 unspecified atom stereocenters. The summed E-state index contributed by atoms with van der Waals surface area (Å²) in [5.41, 5.74) is 2.46. The molecule has 3 heteroatoms. The average molecular weight is 313 g/mol. The van der Waals surface area contributed by atoms with Crippen molar-refractivity contribution in [3.63, 3.8) is 0 Å². The van der Waals surface area contributed by atoms with Crippen LogP contribution in [0.2, 0.25) is 0 Å². The van der Waals surface area contributed by atoms with Crippen molar-refractivity contribution >= 4 is 17.7 Å². The van der Waals surface area contributed by atoms with Gasteiger partial charge < -0.3 is 4.90 Å². The number of hydrogen-bond acceptors (Lipinski definition) is 2. The maximum absolute atomic E-state index is 12.4. The normalized spacial score (nSPS) is 10.4. The van der Waals surface area contributed by atoms with Crippen LogP contribution >= 0.6 is 11.8 Å². The molecule has 22 heavy (non-hydrogen) atoms. The van der Waals surface area contributed by atoms with E-state index >= 15 is 0 Å². The minimum absolute atomic E-state index is 0.245. The van der Waals surface area contributed by atoms with Gasteiger partial charge in [-0.05, 0) is 23.8 Å². The first kappa shape index (κ1) is 16.6. The van der Waals surface area contributed by atoms with E-state index < -0.39 is 0 Å². The van der Waals surface area contributed by atoms with Crippen LogP contribution < -0.4 is 0 Å². The SMILES string of the molecule is CSCCC(=O)N(CCc1ccccc1)Cc1ccccc1. The number of benzene rings is 2. The van der Waals surface area contributed by atoms with Gasteiger partial charge in [0.25, 0.3) is 0 Å². The summed E-state index contributed by atoms with van der Waals surface area (Å²) in [6.07, 6.45) is 3.56. The lowest BCUT2D eigenvalue weighted by Crippen LogP contribution is -2.32. The smallest absolute Gasteiger partial charge is 0.223 e. The average Bonchev–Trinajstić information content (AvgIpc) is 2.58. The molecule has 0 saturated carbocycles. The first-order chi connectivity index (χ1) is 10.8. The molecule has 2 rings (SSSR count). The van der Waals surface area contributed by atoms with E-state index in [9.17, 15) is 4.79 Å². The first-order valence-electron chi connectivity index (χ1n) is 7.64. The third-order valence-corrected chi connectivity index (χ3v) is 4.21. The van der Waals surface area contributed by atoms with Crippen LogP contribution in [0, 0.1) is 0 Å². The molecule has 1 amide bonds. The fourth-order valence-electron chi connectivity index (χ4n) is 2.35. The molecule has 0 aliphatic heterocycles. The number of thioether (sulfide) groups is 1. The van der Waals surface area contributed by atoms with Crippen molar-refractivity contribution in [2.24, 2.45) is 0 Å². The summed E-state index contributed by atoms with van der Waals surface area (Å²) in [7, 11) is 0. The molecule has 0 aliphatic rings. The molecular weight excluding hydrogens is 290 g/mol. The van der Waals surface area contributed by atoms with Gasteiger partial charge in [-0.25, -0.2) is 0 Å². The summed E-state index contributed by atoms with van der Waals surface area (Å²) in [6.45, 7) is 1.47. The number of amides is 1. The molecule has 116 valence electrons. The molecular formula is C19H23NOS. The van der Waals surface area contributed by atoms with Gasteiger partial charge in [-0.15, -0.1) is 0 Å². The second kappa shape index (κ2) is 9.31. The Morgan fingerprint density at radius 3 is 2.14 bits per heavy atom. The van der Waals surface area contributed by atoms with E-state index in [0.717, 1.165) is 18.7 Å². The minimum Gasteiger partial charge on any atom is -0.338 e. The highest BCUT2D eigenvalue weighted by molar-refractivity contribution is 7.98. The molecule has 0 radical (unpaired) electrons. The highest BCUT2D eigenvalue weighted by Crippen LogP contribution is 2.10. The number of carbonyl (C=O) groups is 1. The zero-order chi connectivity index (χ0) is 15.6. The fraction of sp³-hybridized carbons (Fsp3) is 0.316. The van der Waals surface area contributed by atoms with Crippen LogP contribution in [0.3, 0.4) is 0 Å². The fourth-order valence-corrected chi connectivity index (χ4v) is 2.73. The molecule has 0 heterocycles. The van der Waals surface area contributed by atoms with Gasteiger partial charge >= 0.3 is 0 Å². The third kappa shape index (κ3) is 5.57. The maximum atomic E-state index is 12.4. The third-order valence-electron chi connectivity index (χ3n) is 3.60. The zero-order valence-corrected chi connectivity index (χ0v) is 13.9. The lowest BCUT2D eigenvalue weighted by Gasteiger charge is -2.23. The standard InChI is InChI=1S/C19H23NOS/c1-22-15-13-19(21)20(16-18-10-6-3-7-11-18)14-12-17-8-4-2-5-9-17/h2-11H,12-16H2,1H3. The van der Waals surface area contributed by atoms with E-state index in [4.69, 9.17) is 0 Å². The molecule has 0 aromatic heterocycles. The van der Waals surface area contributed by atoms with Crippen molar-refractivity contribution < 1.29 is 4.79 Å². The van der Waals surface area contributed by atoms with Crippen molar-refractivity contribution in [1.82, 2.24) is 4.90 Å². The van der Waals surface area contributed by atoms with Crippen LogP contribution in [-0.2, 0) is 17.8 Å². The Labute approximate surface area is 137 Å². The molecule has 2 nitrogen and oxygen atoms in total. The molecule has 2 aromatic carbocycles. The summed E-state index contributed by atoms with van der Waals surface area (Å²) < 4.78 is 0. The monoisotopic (exact) mass is 313 g/mol. The van der Waals surface area contributed by atoms with Crippen molar-refractivity contribution in [3.05, 3.63) is 71.8 Å². The van der Waals surface area contributed by atoms with Crippen LogP contribution in [0.4, 0.5) is 0 Å². The topological polar surface area (TPSA) is 20.3 Å². The number of rotatable bonds is 8. The molecule has 0 aliphatic carbocycles. The van der Waals surface area contributed by atoms with Crippen molar-refractivity contribution in [3.8, 4) is 0 Å². The Hall–Kier alpha value is -1.74. The van der Waals surface area contributed by atoms with Crippen molar-refractivity contribution in [2.75, 3.05) is 18.6 Å². The summed E-state index contributed by atoms with van der Waals surface area (Å²) in [5.74, 6) is 1.13. The predicted octanol–water partition coefficient (Wildman–Crippen LogP) is 4.01. The van der Waals surface area contributed by atoms with Crippen molar-refractivity contribution in [2.45, 2.75) is 19.4 Å². The van der Waals surface area contributed by atoms with E-state index in [1.165, 1.54) is 11.1 Å². The molecule has 0 atom stereocenters.